The number of aliphatic hydroxyl groups excluding tert-OH is 1. The fourth-order valence-corrected chi connectivity index (χ4v) is 6.92. The second-order valence-electron chi connectivity index (χ2n) is 8.75. The van der Waals surface area contributed by atoms with Gasteiger partial charge in [-0.05, 0) is 47.4 Å². The van der Waals surface area contributed by atoms with Crippen LogP contribution in [0.2, 0.25) is 0 Å². The van der Waals surface area contributed by atoms with Crippen molar-refractivity contribution in [2.45, 2.75) is 23.5 Å². The number of aryl methyl sites for hydroxylation is 1. The van der Waals surface area contributed by atoms with Gasteiger partial charge in [0.25, 0.3) is 10.0 Å². The van der Waals surface area contributed by atoms with Gasteiger partial charge in [-0.25, -0.2) is 13.4 Å². The van der Waals surface area contributed by atoms with E-state index >= 15 is 0 Å². The molecule has 1 N–H and O–H groups in total. The fourth-order valence-electron chi connectivity index (χ4n) is 5.29. The molecule has 0 bridgehead atoms. The van der Waals surface area contributed by atoms with Crippen LogP contribution in [0, 0.1) is 5.92 Å². The standard InChI is InChI=1S/C24H28N4O4S/c1-26-13-23(25-15-26)33(30,31)28-11-10-19-22(14-29)27(2)21-9-6-17(12-20(21)24(19)28)16-4-7-18(32-3)8-5-16/h4-9,12-13,15,19,22,24,29H,10-11,14H2,1-3H3/t19-,22-,24-/m0/s1. The van der Waals surface area contributed by atoms with Gasteiger partial charge in [-0.2, -0.15) is 4.31 Å². The highest BCUT2D eigenvalue weighted by Crippen LogP contribution is 2.50. The molecule has 174 valence electrons. The SMILES string of the molecule is COc1ccc(-c2ccc3c(c2)[C@@H]2[C@@H](CCN2S(=O)(=O)c2cn(C)cn2)[C@H](CO)N3C)cc1. The van der Waals surface area contributed by atoms with Crippen molar-refractivity contribution < 1.29 is 18.3 Å². The van der Waals surface area contributed by atoms with E-state index in [0.29, 0.717) is 13.0 Å². The number of nitrogens with zero attached hydrogens (tertiary/aromatic N) is 4. The first-order valence-electron chi connectivity index (χ1n) is 11.0. The Morgan fingerprint density at radius 3 is 2.48 bits per heavy atom. The van der Waals surface area contributed by atoms with E-state index < -0.39 is 10.0 Å². The van der Waals surface area contributed by atoms with Gasteiger partial charge in [0.2, 0.25) is 0 Å². The maximum atomic E-state index is 13.6. The van der Waals surface area contributed by atoms with E-state index in [1.54, 1.807) is 23.0 Å². The third kappa shape index (κ3) is 3.51. The molecule has 33 heavy (non-hydrogen) atoms. The number of ether oxygens (including phenoxy) is 1. The van der Waals surface area contributed by atoms with E-state index in [4.69, 9.17) is 4.74 Å². The molecule has 0 saturated carbocycles. The van der Waals surface area contributed by atoms with Crippen LogP contribution >= 0.6 is 0 Å². The Kier molecular flexibility index (Phi) is 5.43. The average molecular weight is 469 g/mol. The molecule has 0 aliphatic carbocycles. The summed E-state index contributed by atoms with van der Waals surface area (Å²) in [7, 11) is 1.58. The lowest BCUT2D eigenvalue weighted by atomic mass is 9.81. The van der Waals surface area contributed by atoms with Gasteiger partial charge in [0, 0.05) is 38.4 Å². The normalized spacial score (nSPS) is 22.8. The summed E-state index contributed by atoms with van der Waals surface area (Å²) in [5, 5.41) is 10.2. The van der Waals surface area contributed by atoms with E-state index in [1.165, 1.54) is 12.5 Å². The Morgan fingerprint density at radius 2 is 1.85 bits per heavy atom. The number of rotatable bonds is 5. The summed E-state index contributed by atoms with van der Waals surface area (Å²) in [5.74, 6) is 0.767. The zero-order valence-electron chi connectivity index (χ0n) is 18.9. The van der Waals surface area contributed by atoms with Gasteiger partial charge in [0.1, 0.15) is 5.75 Å². The quantitative estimate of drug-likeness (QED) is 0.620. The molecule has 2 aliphatic rings. The zero-order valence-corrected chi connectivity index (χ0v) is 19.7. The van der Waals surface area contributed by atoms with E-state index in [-0.39, 0.29) is 29.6 Å². The topological polar surface area (TPSA) is 87.9 Å². The smallest absolute Gasteiger partial charge is 0.262 e. The number of aromatic nitrogens is 2. The average Bonchev–Trinajstić information content (AvgIpc) is 3.47. The van der Waals surface area contributed by atoms with E-state index in [1.807, 2.05) is 43.4 Å². The number of aliphatic hydroxyl groups is 1. The predicted molar refractivity (Wildman–Crippen MR) is 126 cm³/mol. The first kappa shape index (κ1) is 21.9. The van der Waals surface area contributed by atoms with Crippen LogP contribution in [0.15, 0.2) is 60.0 Å². The Balaban J connectivity index is 1.62. The first-order valence-corrected chi connectivity index (χ1v) is 12.4. The number of sulfonamides is 1. The zero-order chi connectivity index (χ0) is 23.3. The monoisotopic (exact) mass is 468 g/mol. The molecule has 3 atom stereocenters. The Bertz CT molecular complexity index is 1270. The molecule has 0 radical (unpaired) electrons. The van der Waals surface area contributed by atoms with Crippen molar-refractivity contribution in [3.63, 3.8) is 0 Å². The molecule has 5 rings (SSSR count). The molecule has 0 unspecified atom stereocenters. The van der Waals surface area contributed by atoms with Gasteiger partial charge in [0.05, 0.1) is 32.1 Å². The van der Waals surface area contributed by atoms with Crippen molar-refractivity contribution in [3.05, 3.63) is 60.6 Å². The van der Waals surface area contributed by atoms with Crippen molar-refractivity contribution >= 4 is 15.7 Å². The van der Waals surface area contributed by atoms with Crippen LogP contribution in [-0.4, -0.2) is 60.7 Å². The van der Waals surface area contributed by atoms with Crippen LogP contribution in [0.4, 0.5) is 5.69 Å². The first-order chi connectivity index (χ1) is 15.8. The molecule has 2 aromatic carbocycles. The number of benzene rings is 2. The van der Waals surface area contributed by atoms with E-state index in [2.05, 4.69) is 16.0 Å². The number of methoxy groups -OCH3 is 1. The second kappa shape index (κ2) is 8.16. The molecular weight excluding hydrogens is 440 g/mol. The molecule has 1 fully saturated rings. The minimum atomic E-state index is -3.78. The highest BCUT2D eigenvalue weighted by molar-refractivity contribution is 7.89. The number of fused-ring (bicyclic) bond motifs is 3. The Morgan fingerprint density at radius 1 is 1.12 bits per heavy atom. The maximum Gasteiger partial charge on any atom is 0.262 e. The summed E-state index contributed by atoms with van der Waals surface area (Å²) < 4.78 is 35.6. The summed E-state index contributed by atoms with van der Waals surface area (Å²) in [6, 6.07) is 13.5. The summed E-state index contributed by atoms with van der Waals surface area (Å²) in [6.07, 6.45) is 3.72. The summed E-state index contributed by atoms with van der Waals surface area (Å²) in [4.78, 5) is 6.21. The lowest BCUT2D eigenvalue weighted by Gasteiger charge is -2.44. The molecule has 3 heterocycles. The maximum absolute atomic E-state index is 13.6. The Hall–Kier alpha value is -2.88. The van der Waals surface area contributed by atoms with Gasteiger partial charge >= 0.3 is 0 Å². The molecule has 0 amide bonds. The fraction of sp³-hybridized carbons (Fsp3) is 0.375. The summed E-state index contributed by atoms with van der Waals surface area (Å²) >= 11 is 0. The van der Waals surface area contributed by atoms with Gasteiger partial charge < -0.3 is 19.3 Å². The van der Waals surface area contributed by atoms with Crippen molar-refractivity contribution in [1.82, 2.24) is 13.9 Å². The highest BCUT2D eigenvalue weighted by Gasteiger charge is 2.50. The molecule has 8 nitrogen and oxygen atoms in total. The predicted octanol–water partition coefficient (Wildman–Crippen LogP) is 2.66. The van der Waals surface area contributed by atoms with E-state index in [9.17, 15) is 13.5 Å². The lowest BCUT2D eigenvalue weighted by molar-refractivity contribution is 0.193. The van der Waals surface area contributed by atoms with Crippen LogP contribution in [-0.2, 0) is 17.1 Å². The van der Waals surface area contributed by atoms with Gasteiger partial charge in [-0.3, -0.25) is 0 Å². The molecule has 3 aromatic rings. The van der Waals surface area contributed by atoms with Crippen LogP contribution in [0.5, 0.6) is 5.75 Å². The highest BCUT2D eigenvalue weighted by atomic mass is 32.2. The number of likely N-dealkylation sites (N-methyl/N-ethyl adjacent to an activating group) is 1. The van der Waals surface area contributed by atoms with Gasteiger partial charge in [-0.1, -0.05) is 18.2 Å². The van der Waals surface area contributed by atoms with Crippen LogP contribution < -0.4 is 9.64 Å². The summed E-state index contributed by atoms with van der Waals surface area (Å²) in [6.45, 7) is 0.361. The molecule has 2 aliphatic heterocycles. The van der Waals surface area contributed by atoms with Crippen molar-refractivity contribution in [1.29, 1.82) is 0 Å². The molecule has 0 spiro atoms. The lowest BCUT2D eigenvalue weighted by Crippen LogP contribution is -2.48. The van der Waals surface area contributed by atoms with Crippen molar-refractivity contribution in [2.75, 3.05) is 32.2 Å². The second-order valence-corrected chi connectivity index (χ2v) is 10.6. The van der Waals surface area contributed by atoms with E-state index in [0.717, 1.165) is 28.1 Å². The molecule has 9 heteroatoms. The minimum absolute atomic E-state index is 0.0166. The largest absolute Gasteiger partial charge is 0.497 e. The Labute approximate surface area is 194 Å². The molecule has 1 saturated heterocycles. The number of hydrogen-bond donors (Lipinski definition) is 1. The molecule has 1 aromatic heterocycles. The number of imidazole rings is 1. The van der Waals surface area contributed by atoms with Crippen molar-refractivity contribution in [2.24, 2.45) is 13.0 Å². The third-order valence-electron chi connectivity index (χ3n) is 6.98. The number of hydrogen-bond acceptors (Lipinski definition) is 6. The van der Waals surface area contributed by atoms with Crippen LogP contribution in [0.25, 0.3) is 11.1 Å². The third-order valence-corrected chi connectivity index (χ3v) is 8.75. The van der Waals surface area contributed by atoms with Crippen LogP contribution in [0.3, 0.4) is 0 Å². The van der Waals surface area contributed by atoms with Gasteiger partial charge in [-0.15, -0.1) is 0 Å². The van der Waals surface area contributed by atoms with Crippen LogP contribution in [0.1, 0.15) is 18.0 Å². The van der Waals surface area contributed by atoms with Gasteiger partial charge in [0.15, 0.2) is 5.03 Å². The summed E-state index contributed by atoms with van der Waals surface area (Å²) in [5.41, 5.74) is 3.93. The number of anilines is 1. The minimum Gasteiger partial charge on any atom is -0.497 e. The molecular formula is C24H28N4O4S. The van der Waals surface area contributed by atoms with Crippen molar-refractivity contribution in [3.8, 4) is 16.9 Å².